The van der Waals surface area contributed by atoms with E-state index in [2.05, 4.69) is 15.9 Å². The summed E-state index contributed by atoms with van der Waals surface area (Å²) < 4.78 is 5.33. The van der Waals surface area contributed by atoms with Crippen LogP contribution in [0, 0.1) is 0 Å². The molecule has 1 rings (SSSR count). The van der Waals surface area contributed by atoms with Gasteiger partial charge in [-0.1, -0.05) is 47.5 Å². The monoisotopic (exact) mass is 328 g/mol. The third-order valence-electron chi connectivity index (χ3n) is 2.74. The van der Waals surface area contributed by atoms with Crippen LogP contribution >= 0.6 is 15.9 Å². The zero-order valence-electron chi connectivity index (χ0n) is 10.8. The smallest absolute Gasteiger partial charge is 0.336 e. The number of ether oxygens (including phenoxy) is 1. The summed E-state index contributed by atoms with van der Waals surface area (Å²) in [5.74, 6) is -1.40. The summed E-state index contributed by atoms with van der Waals surface area (Å²) in [5.41, 5.74) is 0.740. The Hall–Kier alpha value is -1.36. The van der Waals surface area contributed by atoms with Crippen molar-refractivity contribution in [2.45, 2.75) is 32.3 Å². The molecule has 104 valence electrons. The standard InChI is InChI=1S/C14H17BrO4/c1-2-3-8-12(19-13(16)9-15)10-6-4-5-7-11(10)14(17)18/h4-7,12H,2-3,8-9H2,1H3,(H,17,18). The number of carboxylic acids is 1. The molecule has 4 nitrogen and oxygen atoms in total. The van der Waals surface area contributed by atoms with Crippen LogP contribution in [0.2, 0.25) is 0 Å². The molecule has 1 unspecified atom stereocenters. The molecular weight excluding hydrogens is 312 g/mol. The molecule has 0 spiro atoms. The van der Waals surface area contributed by atoms with Gasteiger partial charge in [0.05, 0.1) is 5.56 Å². The second-order valence-corrected chi connectivity index (χ2v) is 4.71. The van der Waals surface area contributed by atoms with Gasteiger partial charge in [-0.2, -0.15) is 0 Å². The number of hydrogen-bond acceptors (Lipinski definition) is 3. The van der Waals surface area contributed by atoms with Crippen LogP contribution in [0.4, 0.5) is 0 Å². The number of unbranched alkanes of at least 4 members (excludes halogenated alkanes) is 1. The first-order valence-corrected chi connectivity index (χ1v) is 7.30. The van der Waals surface area contributed by atoms with Crippen molar-refractivity contribution in [3.63, 3.8) is 0 Å². The van der Waals surface area contributed by atoms with Gasteiger partial charge in [0.2, 0.25) is 0 Å². The van der Waals surface area contributed by atoms with E-state index < -0.39 is 12.1 Å². The van der Waals surface area contributed by atoms with Gasteiger partial charge in [-0.25, -0.2) is 4.79 Å². The maximum atomic E-state index is 11.4. The number of carboxylic acid groups (broad SMARTS) is 1. The van der Waals surface area contributed by atoms with Crippen molar-refractivity contribution in [1.82, 2.24) is 0 Å². The number of carbonyl (C=O) groups is 2. The first kappa shape index (κ1) is 15.7. The summed E-state index contributed by atoms with van der Waals surface area (Å²) in [6.45, 7) is 2.03. The number of carbonyl (C=O) groups excluding carboxylic acids is 1. The van der Waals surface area contributed by atoms with Crippen LogP contribution in [0.3, 0.4) is 0 Å². The molecule has 0 fully saturated rings. The molecule has 5 heteroatoms. The fourth-order valence-corrected chi connectivity index (χ4v) is 1.96. The van der Waals surface area contributed by atoms with Crippen molar-refractivity contribution in [2.24, 2.45) is 0 Å². The first-order valence-electron chi connectivity index (χ1n) is 6.17. The molecule has 0 radical (unpaired) electrons. The average Bonchev–Trinajstić information content (AvgIpc) is 2.43. The fourth-order valence-electron chi connectivity index (χ4n) is 1.83. The highest BCUT2D eigenvalue weighted by Crippen LogP contribution is 2.27. The van der Waals surface area contributed by atoms with Gasteiger partial charge in [0.25, 0.3) is 0 Å². The van der Waals surface area contributed by atoms with E-state index in [1.165, 1.54) is 6.07 Å². The molecule has 1 atom stereocenters. The van der Waals surface area contributed by atoms with E-state index in [1.807, 2.05) is 6.92 Å². The van der Waals surface area contributed by atoms with Crippen molar-refractivity contribution in [1.29, 1.82) is 0 Å². The van der Waals surface area contributed by atoms with Gasteiger partial charge < -0.3 is 9.84 Å². The lowest BCUT2D eigenvalue weighted by Gasteiger charge is -2.19. The lowest BCUT2D eigenvalue weighted by Crippen LogP contribution is -2.15. The number of aromatic carboxylic acids is 1. The van der Waals surface area contributed by atoms with Crippen molar-refractivity contribution in [2.75, 3.05) is 5.33 Å². The molecule has 0 heterocycles. The van der Waals surface area contributed by atoms with Gasteiger partial charge in [0, 0.05) is 5.56 Å². The summed E-state index contributed by atoms with van der Waals surface area (Å²) in [6.07, 6.45) is 1.95. The highest BCUT2D eigenvalue weighted by Gasteiger charge is 2.21. The minimum Gasteiger partial charge on any atom is -0.478 e. The third-order valence-corrected chi connectivity index (χ3v) is 3.20. The molecule has 0 aliphatic heterocycles. The summed E-state index contributed by atoms with van der Waals surface area (Å²) in [4.78, 5) is 22.6. The quantitative estimate of drug-likeness (QED) is 0.614. The van der Waals surface area contributed by atoms with Gasteiger partial charge >= 0.3 is 11.9 Å². The van der Waals surface area contributed by atoms with Crippen LogP contribution in [0.5, 0.6) is 0 Å². The highest BCUT2D eigenvalue weighted by atomic mass is 79.9. The largest absolute Gasteiger partial charge is 0.478 e. The maximum absolute atomic E-state index is 11.4. The fraction of sp³-hybridized carbons (Fsp3) is 0.429. The van der Waals surface area contributed by atoms with Crippen LogP contribution in [0.25, 0.3) is 0 Å². The van der Waals surface area contributed by atoms with Gasteiger partial charge in [-0.3, -0.25) is 4.79 Å². The van der Waals surface area contributed by atoms with E-state index in [1.54, 1.807) is 18.2 Å². The van der Waals surface area contributed by atoms with Gasteiger partial charge in [0.1, 0.15) is 11.4 Å². The molecule has 0 aromatic heterocycles. The molecule has 1 aromatic rings. The Kier molecular flexibility index (Phi) is 6.56. The molecular formula is C14H17BrO4. The summed E-state index contributed by atoms with van der Waals surface area (Å²) in [6, 6.07) is 6.64. The Morgan fingerprint density at radius 1 is 1.37 bits per heavy atom. The second-order valence-electron chi connectivity index (χ2n) is 4.15. The van der Waals surface area contributed by atoms with E-state index >= 15 is 0 Å². The van der Waals surface area contributed by atoms with Crippen LogP contribution in [0.15, 0.2) is 24.3 Å². The van der Waals surface area contributed by atoms with E-state index in [-0.39, 0.29) is 16.9 Å². The third kappa shape index (κ3) is 4.67. The Labute approximate surface area is 120 Å². The SMILES string of the molecule is CCCCC(OC(=O)CBr)c1ccccc1C(=O)O. The number of alkyl halides is 1. The predicted octanol–water partition coefficient (Wildman–Crippen LogP) is 3.55. The Bertz CT molecular complexity index is 445. The summed E-state index contributed by atoms with van der Waals surface area (Å²) in [7, 11) is 0. The zero-order valence-corrected chi connectivity index (χ0v) is 12.4. The van der Waals surface area contributed by atoms with Gasteiger partial charge in [-0.15, -0.1) is 0 Å². The minimum atomic E-state index is -1.01. The Balaban J connectivity index is 3.02. The molecule has 1 N–H and O–H groups in total. The first-order chi connectivity index (χ1) is 9.10. The summed E-state index contributed by atoms with van der Waals surface area (Å²) in [5, 5.41) is 9.28. The lowest BCUT2D eigenvalue weighted by atomic mass is 9.98. The van der Waals surface area contributed by atoms with E-state index in [0.29, 0.717) is 12.0 Å². The van der Waals surface area contributed by atoms with Crippen LogP contribution in [-0.2, 0) is 9.53 Å². The Morgan fingerprint density at radius 2 is 2.05 bits per heavy atom. The molecule has 0 amide bonds. The number of esters is 1. The lowest BCUT2D eigenvalue weighted by molar-refractivity contribution is -0.146. The van der Waals surface area contributed by atoms with Gasteiger partial charge in [0.15, 0.2) is 0 Å². The molecule has 0 saturated heterocycles. The molecule has 1 aromatic carbocycles. The molecule has 19 heavy (non-hydrogen) atoms. The Morgan fingerprint density at radius 3 is 2.63 bits per heavy atom. The van der Waals surface area contributed by atoms with E-state index in [0.717, 1.165) is 12.8 Å². The number of rotatable bonds is 7. The maximum Gasteiger partial charge on any atom is 0.336 e. The van der Waals surface area contributed by atoms with Crippen molar-refractivity contribution < 1.29 is 19.4 Å². The van der Waals surface area contributed by atoms with E-state index in [9.17, 15) is 14.7 Å². The zero-order chi connectivity index (χ0) is 14.3. The van der Waals surface area contributed by atoms with Crippen LogP contribution in [0.1, 0.15) is 48.2 Å². The molecule has 0 saturated carbocycles. The number of benzene rings is 1. The van der Waals surface area contributed by atoms with Crippen LogP contribution in [-0.4, -0.2) is 22.4 Å². The molecule has 0 bridgehead atoms. The van der Waals surface area contributed by atoms with Crippen molar-refractivity contribution in [3.8, 4) is 0 Å². The normalized spacial score (nSPS) is 11.9. The molecule has 0 aliphatic rings. The number of hydrogen-bond donors (Lipinski definition) is 1. The van der Waals surface area contributed by atoms with Gasteiger partial charge in [-0.05, 0) is 18.9 Å². The second kappa shape index (κ2) is 7.94. The van der Waals surface area contributed by atoms with Crippen LogP contribution < -0.4 is 0 Å². The topological polar surface area (TPSA) is 63.6 Å². The summed E-state index contributed by atoms with van der Waals surface area (Å²) >= 11 is 3.04. The average molecular weight is 329 g/mol. The van der Waals surface area contributed by atoms with E-state index in [4.69, 9.17) is 4.74 Å². The highest BCUT2D eigenvalue weighted by molar-refractivity contribution is 9.09. The number of halogens is 1. The minimum absolute atomic E-state index is 0.102. The predicted molar refractivity (Wildman–Crippen MR) is 75.6 cm³/mol. The van der Waals surface area contributed by atoms with Crippen molar-refractivity contribution >= 4 is 27.9 Å². The molecule has 0 aliphatic carbocycles. The van der Waals surface area contributed by atoms with Crippen molar-refractivity contribution in [3.05, 3.63) is 35.4 Å².